The number of hydrogen-bond acceptors (Lipinski definition) is 4. The fraction of sp³-hybridized carbons (Fsp3) is 0.333. The van der Waals surface area contributed by atoms with Crippen molar-refractivity contribution in [1.82, 2.24) is 19.9 Å². The van der Waals surface area contributed by atoms with Crippen molar-refractivity contribution in [1.29, 1.82) is 0 Å². The van der Waals surface area contributed by atoms with Crippen molar-refractivity contribution >= 4 is 22.4 Å². The highest BCUT2D eigenvalue weighted by Crippen LogP contribution is 2.16. The number of hydrogen-bond donors (Lipinski definition) is 1. The molecule has 4 nitrogen and oxygen atoms in total. The van der Waals surface area contributed by atoms with Gasteiger partial charge in [0.25, 0.3) is 0 Å². The maximum Gasteiger partial charge on any atom is 0.107 e. The van der Waals surface area contributed by atoms with Crippen LogP contribution in [0, 0.1) is 0 Å². The lowest BCUT2D eigenvalue weighted by Gasteiger charge is -2.04. The number of thiazole rings is 1. The third-order valence-electron chi connectivity index (χ3n) is 3.12. The first kappa shape index (κ1) is 13.3. The maximum atomic E-state index is 4.67. The van der Waals surface area contributed by atoms with Gasteiger partial charge in [0.2, 0.25) is 0 Å². The van der Waals surface area contributed by atoms with Gasteiger partial charge in [-0.1, -0.05) is 26.0 Å². The number of para-hydroxylation sites is 2. The van der Waals surface area contributed by atoms with E-state index >= 15 is 0 Å². The van der Waals surface area contributed by atoms with Gasteiger partial charge < -0.3 is 9.88 Å². The molecule has 0 radical (unpaired) electrons. The molecule has 3 rings (SSSR count). The van der Waals surface area contributed by atoms with Crippen LogP contribution in [0.2, 0.25) is 0 Å². The average molecular weight is 286 g/mol. The molecule has 20 heavy (non-hydrogen) atoms. The summed E-state index contributed by atoms with van der Waals surface area (Å²) in [4.78, 5) is 9.08. The molecular weight excluding hydrogens is 268 g/mol. The molecule has 0 aliphatic heterocycles. The molecule has 0 spiro atoms. The number of aromatic nitrogens is 3. The Labute approximate surface area is 122 Å². The van der Waals surface area contributed by atoms with Crippen molar-refractivity contribution in [3.8, 4) is 0 Å². The van der Waals surface area contributed by atoms with Gasteiger partial charge in [0, 0.05) is 18.0 Å². The molecule has 104 valence electrons. The Morgan fingerprint density at radius 1 is 1.30 bits per heavy atom. The van der Waals surface area contributed by atoms with E-state index in [-0.39, 0.29) is 0 Å². The topological polar surface area (TPSA) is 42.7 Å². The lowest BCUT2D eigenvalue weighted by atomic mass is 10.3. The minimum absolute atomic E-state index is 0.486. The quantitative estimate of drug-likeness (QED) is 0.784. The summed E-state index contributed by atoms with van der Waals surface area (Å²) in [6.07, 6.45) is 1.88. The summed E-state index contributed by atoms with van der Waals surface area (Å²) < 4.78 is 2.14. The lowest BCUT2D eigenvalue weighted by molar-refractivity contribution is 0.586. The Morgan fingerprint density at radius 3 is 3.00 bits per heavy atom. The fourth-order valence-electron chi connectivity index (χ4n) is 2.10. The van der Waals surface area contributed by atoms with Gasteiger partial charge >= 0.3 is 0 Å². The average Bonchev–Trinajstić information content (AvgIpc) is 3.05. The van der Waals surface area contributed by atoms with Gasteiger partial charge in [-0.05, 0) is 12.1 Å². The minimum Gasteiger partial charge on any atom is -0.324 e. The second kappa shape index (κ2) is 5.73. The number of benzene rings is 1. The first-order chi connectivity index (χ1) is 9.72. The van der Waals surface area contributed by atoms with Crippen molar-refractivity contribution in [3.63, 3.8) is 0 Å². The molecule has 3 aromatic rings. The van der Waals surface area contributed by atoms with Crippen LogP contribution < -0.4 is 5.32 Å². The zero-order valence-corrected chi connectivity index (χ0v) is 12.5. The third kappa shape index (κ3) is 2.89. The minimum atomic E-state index is 0.486. The Morgan fingerprint density at radius 2 is 2.15 bits per heavy atom. The summed E-state index contributed by atoms with van der Waals surface area (Å²) in [5.41, 5.74) is 3.28. The predicted molar refractivity (Wildman–Crippen MR) is 82.9 cm³/mol. The number of rotatable bonds is 5. The van der Waals surface area contributed by atoms with Crippen molar-refractivity contribution in [2.45, 2.75) is 33.0 Å². The van der Waals surface area contributed by atoms with Gasteiger partial charge in [0.05, 0.1) is 29.6 Å². The van der Waals surface area contributed by atoms with E-state index in [2.05, 4.69) is 45.1 Å². The summed E-state index contributed by atoms with van der Waals surface area (Å²) in [5.74, 6) is 0. The summed E-state index contributed by atoms with van der Waals surface area (Å²) in [7, 11) is 0. The predicted octanol–water partition coefficient (Wildman–Crippen LogP) is 3.04. The van der Waals surface area contributed by atoms with E-state index in [1.165, 1.54) is 0 Å². The van der Waals surface area contributed by atoms with Gasteiger partial charge in [-0.3, -0.25) is 0 Å². The van der Waals surface area contributed by atoms with E-state index in [9.17, 15) is 0 Å². The molecule has 1 N–H and O–H groups in total. The molecule has 1 aromatic carbocycles. The Kier molecular flexibility index (Phi) is 3.80. The lowest BCUT2D eigenvalue weighted by Crippen LogP contribution is -2.21. The molecule has 0 saturated carbocycles. The van der Waals surface area contributed by atoms with Crippen LogP contribution in [0.5, 0.6) is 0 Å². The Bertz CT molecular complexity index is 699. The van der Waals surface area contributed by atoms with Gasteiger partial charge in [-0.15, -0.1) is 11.3 Å². The molecular formula is C15H18N4S. The summed E-state index contributed by atoms with van der Waals surface area (Å²) in [6, 6.07) is 8.67. The van der Waals surface area contributed by atoms with Crippen LogP contribution in [0.1, 0.15) is 24.5 Å². The number of imidazole rings is 1. The SMILES string of the molecule is CC(C)NCc1nc(Cn2cnc3ccccc32)cs1. The highest BCUT2D eigenvalue weighted by atomic mass is 32.1. The molecule has 0 fully saturated rings. The highest BCUT2D eigenvalue weighted by Gasteiger charge is 2.06. The molecule has 0 unspecified atom stereocenters. The zero-order valence-electron chi connectivity index (χ0n) is 11.7. The van der Waals surface area contributed by atoms with Crippen molar-refractivity contribution < 1.29 is 0 Å². The van der Waals surface area contributed by atoms with Gasteiger partial charge in [-0.25, -0.2) is 9.97 Å². The molecule has 5 heteroatoms. The number of fused-ring (bicyclic) bond motifs is 1. The van der Waals surface area contributed by atoms with E-state index in [0.717, 1.165) is 34.8 Å². The molecule has 0 atom stereocenters. The first-order valence-electron chi connectivity index (χ1n) is 6.79. The summed E-state index contributed by atoms with van der Waals surface area (Å²) in [5, 5.41) is 6.66. The third-order valence-corrected chi connectivity index (χ3v) is 4.02. The highest BCUT2D eigenvalue weighted by molar-refractivity contribution is 7.09. The van der Waals surface area contributed by atoms with Crippen LogP contribution >= 0.6 is 11.3 Å². The molecule has 2 aromatic heterocycles. The van der Waals surface area contributed by atoms with Crippen LogP contribution in [-0.4, -0.2) is 20.6 Å². The normalized spacial score (nSPS) is 11.6. The van der Waals surface area contributed by atoms with E-state index < -0.39 is 0 Å². The second-order valence-electron chi connectivity index (χ2n) is 5.13. The van der Waals surface area contributed by atoms with Crippen molar-refractivity contribution in [3.05, 3.63) is 46.7 Å². The standard InChI is InChI=1S/C15H18N4S/c1-11(2)16-7-15-18-12(9-20-15)8-19-10-17-13-5-3-4-6-14(13)19/h3-6,9-11,16H,7-8H2,1-2H3. The molecule has 0 aliphatic carbocycles. The van der Waals surface area contributed by atoms with E-state index in [4.69, 9.17) is 0 Å². The van der Waals surface area contributed by atoms with Crippen LogP contribution in [-0.2, 0) is 13.1 Å². The van der Waals surface area contributed by atoms with Gasteiger partial charge in [0.15, 0.2) is 0 Å². The Hall–Kier alpha value is -1.72. The monoisotopic (exact) mass is 286 g/mol. The van der Waals surface area contributed by atoms with Crippen LogP contribution in [0.3, 0.4) is 0 Å². The Balaban J connectivity index is 1.74. The van der Waals surface area contributed by atoms with E-state index in [0.29, 0.717) is 6.04 Å². The molecule has 0 bridgehead atoms. The van der Waals surface area contributed by atoms with Gasteiger partial charge in [-0.2, -0.15) is 0 Å². The van der Waals surface area contributed by atoms with Crippen LogP contribution in [0.4, 0.5) is 0 Å². The second-order valence-corrected chi connectivity index (χ2v) is 6.07. The largest absolute Gasteiger partial charge is 0.324 e. The van der Waals surface area contributed by atoms with Crippen molar-refractivity contribution in [2.24, 2.45) is 0 Å². The van der Waals surface area contributed by atoms with E-state index in [1.54, 1.807) is 11.3 Å². The summed E-state index contributed by atoms with van der Waals surface area (Å²) in [6.45, 7) is 5.91. The fourth-order valence-corrected chi connectivity index (χ4v) is 2.84. The number of nitrogens with zero attached hydrogens (tertiary/aromatic N) is 3. The smallest absolute Gasteiger partial charge is 0.107 e. The number of nitrogens with one attached hydrogen (secondary N) is 1. The van der Waals surface area contributed by atoms with Crippen molar-refractivity contribution in [2.75, 3.05) is 0 Å². The molecule has 0 saturated heterocycles. The first-order valence-corrected chi connectivity index (χ1v) is 7.67. The van der Waals surface area contributed by atoms with E-state index in [1.807, 2.05) is 24.5 Å². The molecule has 0 aliphatic rings. The van der Waals surface area contributed by atoms with Crippen LogP contribution in [0.15, 0.2) is 36.0 Å². The molecule has 0 amide bonds. The van der Waals surface area contributed by atoms with Crippen LogP contribution in [0.25, 0.3) is 11.0 Å². The maximum absolute atomic E-state index is 4.67. The molecule has 2 heterocycles. The summed E-state index contributed by atoms with van der Waals surface area (Å²) >= 11 is 1.71. The zero-order chi connectivity index (χ0) is 13.9. The van der Waals surface area contributed by atoms with Gasteiger partial charge in [0.1, 0.15) is 5.01 Å².